The molecule has 0 aliphatic carbocycles. The van der Waals surface area contributed by atoms with Gasteiger partial charge in [0.2, 0.25) is 5.95 Å². The van der Waals surface area contributed by atoms with E-state index >= 15 is 0 Å². The van der Waals surface area contributed by atoms with Gasteiger partial charge >= 0.3 is 0 Å². The quantitative estimate of drug-likeness (QED) is 0.775. The van der Waals surface area contributed by atoms with E-state index in [4.69, 9.17) is 4.74 Å². The molecule has 0 aromatic carbocycles. The molecule has 4 nitrogen and oxygen atoms in total. The molecule has 1 rings (SSSR count). The summed E-state index contributed by atoms with van der Waals surface area (Å²) in [7, 11) is 0. The molecule has 1 atom stereocenters. The van der Waals surface area contributed by atoms with Gasteiger partial charge in [0.15, 0.2) is 0 Å². The highest BCUT2D eigenvalue weighted by Gasteiger charge is 2.11. The van der Waals surface area contributed by atoms with Crippen molar-refractivity contribution in [2.24, 2.45) is 0 Å². The van der Waals surface area contributed by atoms with Crippen LogP contribution in [0.15, 0.2) is 6.20 Å². The van der Waals surface area contributed by atoms with E-state index in [1.165, 1.54) is 0 Å². The fourth-order valence-electron chi connectivity index (χ4n) is 1.59. The predicted octanol–water partition coefficient (Wildman–Crippen LogP) is 2.61. The number of anilines is 1. The molecule has 0 spiro atoms. The van der Waals surface area contributed by atoms with E-state index in [1.807, 2.05) is 13.8 Å². The molecule has 0 fully saturated rings. The van der Waals surface area contributed by atoms with Crippen LogP contribution in [0.4, 0.5) is 5.95 Å². The summed E-state index contributed by atoms with van der Waals surface area (Å²) in [6, 6.07) is 0.320. The molecule has 92 valence electrons. The van der Waals surface area contributed by atoms with Crippen molar-refractivity contribution in [1.82, 2.24) is 9.55 Å². The van der Waals surface area contributed by atoms with Gasteiger partial charge in [0.05, 0.1) is 18.3 Å². The highest BCUT2D eigenvalue weighted by molar-refractivity contribution is 5.29. The van der Waals surface area contributed by atoms with E-state index in [1.54, 1.807) is 0 Å². The second-order valence-electron chi connectivity index (χ2n) is 4.05. The Kier molecular flexibility index (Phi) is 5.32. The molecule has 1 unspecified atom stereocenters. The highest BCUT2D eigenvalue weighted by atomic mass is 16.5. The third-order valence-electron chi connectivity index (χ3n) is 2.42. The number of aromatic nitrogens is 2. The zero-order chi connectivity index (χ0) is 12.0. The Morgan fingerprint density at radius 1 is 1.50 bits per heavy atom. The molecule has 1 N–H and O–H groups in total. The van der Waals surface area contributed by atoms with Crippen LogP contribution < -0.4 is 5.32 Å². The lowest BCUT2D eigenvalue weighted by atomic mass is 10.3. The maximum absolute atomic E-state index is 5.44. The summed E-state index contributed by atoms with van der Waals surface area (Å²) in [5, 5.41) is 3.34. The lowest BCUT2D eigenvalue weighted by Crippen LogP contribution is -2.15. The first-order chi connectivity index (χ1) is 7.69. The molecule has 4 heteroatoms. The third kappa shape index (κ3) is 3.52. The van der Waals surface area contributed by atoms with Gasteiger partial charge in [-0.3, -0.25) is 0 Å². The molecular formula is C12H23N3O. The van der Waals surface area contributed by atoms with Crippen LogP contribution in [-0.2, 0) is 4.74 Å². The van der Waals surface area contributed by atoms with Crippen molar-refractivity contribution in [3.8, 4) is 0 Å². The van der Waals surface area contributed by atoms with Gasteiger partial charge in [-0.15, -0.1) is 0 Å². The van der Waals surface area contributed by atoms with Gasteiger partial charge in [0.25, 0.3) is 0 Å². The van der Waals surface area contributed by atoms with Crippen molar-refractivity contribution < 1.29 is 4.74 Å². The fourth-order valence-corrected chi connectivity index (χ4v) is 1.59. The summed E-state index contributed by atoms with van der Waals surface area (Å²) in [5.41, 5.74) is 1.04. The molecule has 0 saturated carbocycles. The van der Waals surface area contributed by atoms with E-state index < -0.39 is 0 Å². The van der Waals surface area contributed by atoms with Gasteiger partial charge in [0, 0.05) is 19.3 Å². The molecule has 16 heavy (non-hydrogen) atoms. The topological polar surface area (TPSA) is 39.1 Å². The molecular weight excluding hydrogens is 202 g/mol. The summed E-state index contributed by atoms with van der Waals surface area (Å²) < 4.78 is 7.60. The maximum Gasteiger partial charge on any atom is 0.203 e. The monoisotopic (exact) mass is 225 g/mol. The predicted molar refractivity (Wildman–Crippen MR) is 66.9 cm³/mol. The van der Waals surface area contributed by atoms with E-state index in [-0.39, 0.29) is 0 Å². The normalized spacial score (nSPS) is 12.8. The van der Waals surface area contributed by atoms with E-state index in [9.17, 15) is 0 Å². The Labute approximate surface area is 98.0 Å². The van der Waals surface area contributed by atoms with Gasteiger partial charge < -0.3 is 14.6 Å². The van der Waals surface area contributed by atoms with Gasteiger partial charge in [-0.25, -0.2) is 4.98 Å². The van der Waals surface area contributed by atoms with Crippen molar-refractivity contribution in [3.05, 3.63) is 11.9 Å². The van der Waals surface area contributed by atoms with Crippen LogP contribution in [-0.4, -0.2) is 29.3 Å². The van der Waals surface area contributed by atoms with Crippen LogP contribution in [0.5, 0.6) is 0 Å². The summed E-state index contributed by atoms with van der Waals surface area (Å²) in [6.07, 6.45) is 3.17. The summed E-state index contributed by atoms with van der Waals surface area (Å²) in [5.74, 6) is 0.951. The number of hydrogen-bond acceptors (Lipinski definition) is 3. The van der Waals surface area contributed by atoms with E-state index in [0.717, 1.165) is 37.8 Å². The molecule has 0 aliphatic rings. The molecule has 1 aromatic heterocycles. The number of imidazole rings is 1. The van der Waals surface area contributed by atoms with Crippen LogP contribution in [0.2, 0.25) is 0 Å². The first kappa shape index (κ1) is 13.0. The van der Waals surface area contributed by atoms with Crippen molar-refractivity contribution in [1.29, 1.82) is 0 Å². The van der Waals surface area contributed by atoms with Gasteiger partial charge in [-0.05, 0) is 27.2 Å². The minimum absolute atomic E-state index is 0.320. The highest BCUT2D eigenvalue weighted by Crippen LogP contribution is 2.16. The number of nitrogens with zero attached hydrogens (tertiary/aromatic N) is 2. The standard InChI is InChI=1S/C12H23N3O/c1-5-7-13-12-14-10(3)8-15(12)11(4)9-16-6-2/h8,11H,5-7,9H2,1-4H3,(H,13,14). The van der Waals surface area contributed by atoms with Crippen molar-refractivity contribution in [2.45, 2.75) is 40.2 Å². The largest absolute Gasteiger partial charge is 0.380 e. The zero-order valence-electron chi connectivity index (χ0n) is 10.8. The Hall–Kier alpha value is -1.03. The Morgan fingerprint density at radius 3 is 2.88 bits per heavy atom. The summed E-state index contributed by atoms with van der Waals surface area (Å²) >= 11 is 0. The zero-order valence-corrected chi connectivity index (χ0v) is 10.8. The number of nitrogens with one attached hydrogen (secondary N) is 1. The number of hydrogen-bond donors (Lipinski definition) is 1. The molecule has 0 bridgehead atoms. The van der Waals surface area contributed by atoms with Crippen LogP contribution >= 0.6 is 0 Å². The second kappa shape index (κ2) is 6.53. The Balaban J connectivity index is 2.68. The maximum atomic E-state index is 5.44. The Bertz CT molecular complexity index is 309. The van der Waals surface area contributed by atoms with Crippen molar-refractivity contribution >= 4 is 5.95 Å². The Morgan fingerprint density at radius 2 is 2.25 bits per heavy atom. The van der Waals surface area contributed by atoms with Gasteiger partial charge in [-0.2, -0.15) is 0 Å². The van der Waals surface area contributed by atoms with Crippen molar-refractivity contribution in [2.75, 3.05) is 25.1 Å². The minimum Gasteiger partial charge on any atom is -0.380 e. The number of aryl methyl sites for hydroxylation is 1. The lowest BCUT2D eigenvalue weighted by molar-refractivity contribution is 0.119. The van der Waals surface area contributed by atoms with Crippen LogP contribution in [0.3, 0.4) is 0 Å². The SMILES string of the molecule is CCCNc1nc(C)cn1C(C)COCC. The lowest BCUT2D eigenvalue weighted by Gasteiger charge is -2.16. The molecule has 0 radical (unpaired) electrons. The van der Waals surface area contributed by atoms with Gasteiger partial charge in [0.1, 0.15) is 0 Å². The van der Waals surface area contributed by atoms with Crippen LogP contribution in [0.1, 0.15) is 38.9 Å². The first-order valence-corrected chi connectivity index (χ1v) is 6.06. The molecule has 0 amide bonds. The summed E-state index contributed by atoms with van der Waals surface area (Å²) in [4.78, 5) is 4.47. The second-order valence-corrected chi connectivity index (χ2v) is 4.05. The molecule has 1 aromatic rings. The average molecular weight is 225 g/mol. The fraction of sp³-hybridized carbons (Fsp3) is 0.750. The third-order valence-corrected chi connectivity index (χ3v) is 2.42. The number of ether oxygens (including phenoxy) is 1. The number of rotatable bonds is 7. The van der Waals surface area contributed by atoms with Crippen LogP contribution in [0, 0.1) is 6.92 Å². The minimum atomic E-state index is 0.320. The molecule has 0 aliphatic heterocycles. The smallest absolute Gasteiger partial charge is 0.203 e. The van der Waals surface area contributed by atoms with E-state index in [2.05, 4.69) is 34.9 Å². The molecule has 0 saturated heterocycles. The van der Waals surface area contributed by atoms with Crippen molar-refractivity contribution in [3.63, 3.8) is 0 Å². The average Bonchev–Trinajstić information content (AvgIpc) is 2.64. The van der Waals surface area contributed by atoms with E-state index in [0.29, 0.717) is 6.04 Å². The first-order valence-electron chi connectivity index (χ1n) is 6.06. The van der Waals surface area contributed by atoms with Gasteiger partial charge in [-0.1, -0.05) is 6.92 Å². The van der Waals surface area contributed by atoms with Crippen LogP contribution in [0.25, 0.3) is 0 Å². The molecule has 1 heterocycles. The summed E-state index contributed by atoms with van der Waals surface area (Å²) in [6.45, 7) is 10.8.